The Morgan fingerprint density at radius 1 is 1.22 bits per heavy atom. The number of nitro benzene ring substituents is 1. The van der Waals surface area contributed by atoms with Gasteiger partial charge in [-0.25, -0.2) is 4.39 Å². The molecule has 0 unspecified atom stereocenters. The maximum Gasteiger partial charge on any atom is 0.300 e. The van der Waals surface area contributed by atoms with Gasteiger partial charge in [0.1, 0.15) is 11.5 Å². The van der Waals surface area contributed by atoms with Gasteiger partial charge in [-0.3, -0.25) is 10.1 Å². The molecule has 23 heavy (non-hydrogen) atoms. The largest absolute Gasteiger partial charge is 0.399 e. The van der Waals surface area contributed by atoms with Gasteiger partial charge in [0.2, 0.25) is 0 Å². The number of likely N-dealkylation sites (N-methyl/N-ethyl adjacent to an activating group) is 1. The Morgan fingerprint density at radius 3 is 2.48 bits per heavy atom. The number of hydrogen-bond acceptors (Lipinski definition) is 5. The lowest BCUT2D eigenvalue weighted by molar-refractivity contribution is -0.383. The molecule has 0 amide bonds. The standard InChI is InChI=1S/C16H19FN4O2/c1-20(2)6-5-10-3-4-14(16(15(10)19)21(22)23)11-7-12(17)9-13(18)8-11/h3-4,7-9H,5-6,18-19H2,1-2H3. The summed E-state index contributed by atoms with van der Waals surface area (Å²) >= 11 is 0. The summed E-state index contributed by atoms with van der Waals surface area (Å²) in [5.74, 6) is -0.551. The highest BCUT2D eigenvalue weighted by Crippen LogP contribution is 2.37. The van der Waals surface area contributed by atoms with Crippen molar-refractivity contribution in [2.75, 3.05) is 32.1 Å². The number of anilines is 2. The van der Waals surface area contributed by atoms with Crippen LogP contribution in [0.25, 0.3) is 11.1 Å². The maximum absolute atomic E-state index is 13.5. The molecule has 7 heteroatoms. The summed E-state index contributed by atoms with van der Waals surface area (Å²) in [5.41, 5.74) is 13.0. The van der Waals surface area contributed by atoms with Crippen LogP contribution in [-0.2, 0) is 6.42 Å². The van der Waals surface area contributed by atoms with Crippen LogP contribution >= 0.6 is 0 Å². The van der Waals surface area contributed by atoms with E-state index in [1.807, 2.05) is 19.0 Å². The van der Waals surface area contributed by atoms with Gasteiger partial charge in [0.15, 0.2) is 0 Å². The number of benzene rings is 2. The normalized spacial score (nSPS) is 11.0. The van der Waals surface area contributed by atoms with Gasteiger partial charge < -0.3 is 16.4 Å². The first-order chi connectivity index (χ1) is 10.8. The number of nitrogens with two attached hydrogens (primary N) is 2. The molecular weight excluding hydrogens is 299 g/mol. The second-order valence-electron chi connectivity index (χ2n) is 5.62. The van der Waals surface area contributed by atoms with E-state index in [2.05, 4.69) is 0 Å². The summed E-state index contributed by atoms with van der Waals surface area (Å²) in [6.45, 7) is 0.716. The highest BCUT2D eigenvalue weighted by molar-refractivity contribution is 5.84. The molecule has 0 saturated heterocycles. The molecule has 0 atom stereocenters. The molecule has 0 spiro atoms. The van der Waals surface area contributed by atoms with E-state index in [1.165, 1.54) is 12.1 Å². The van der Waals surface area contributed by atoms with E-state index in [0.717, 1.165) is 6.07 Å². The molecule has 2 rings (SSSR count). The van der Waals surface area contributed by atoms with Crippen LogP contribution in [0, 0.1) is 15.9 Å². The molecule has 0 fully saturated rings. The van der Waals surface area contributed by atoms with Crippen molar-refractivity contribution in [1.29, 1.82) is 0 Å². The fraction of sp³-hybridized carbons (Fsp3) is 0.250. The third-order valence-corrected chi connectivity index (χ3v) is 3.55. The van der Waals surface area contributed by atoms with Crippen molar-refractivity contribution < 1.29 is 9.31 Å². The predicted octanol–water partition coefficient (Wildman–Crippen LogP) is 2.67. The lowest BCUT2D eigenvalue weighted by atomic mass is 9.98. The number of rotatable bonds is 5. The third-order valence-electron chi connectivity index (χ3n) is 3.55. The van der Waals surface area contributed by atoms with Crippen LogP contribution in [0.3, 0.4) is 0 Å². The van der Waals surface area contributed by atoms with Crippen LogP contribution in [0.15, 0.2) is 30.3 Å². The first kappa shape index (κ1) is 16.7. The van der Waals surface area contributed by atoms with E-state index in [4.69, 9.17) is 11.5 Å². The van der Waals surface area contributed by atoms with Crippen LogP contribution in [0.2, 0.25) is 0 Å². The summed E-state index contributed by atoms with van der Waals surface area (Å²) in [7, 11) is 3.82. The van der Waals surface area contributed by atoms with Gasteiger partial charge in [0.25, 0.3) is 5.69 Å². The van der Waals surface area contributed by atoms with E-state index in [-0.39, 0.29) is 22.6 Å². The van der Waals surface area contributed by atoms with Gasteiger partial charge in [-0.1, -0.05) is 6.07 Å². The molecule has 0 bridgehead atoms. The molecule has 0 heterocycles. The van der Waals surface area contributed by atoms with Crippen LogP contribution in [0.4, 0.5) is 21.5 Å². The van der Waals surface area contributed by atoms with Gasteiger partial charge in [0, 0.05) is 12.2 Å². The molecule has 0 aromatic heterocycles. The summed E-state index contributed by atoms with van der Waals surface area (Å²) in [6.07, 6.45) is 0.589. The van der Waals surface area contributed by atoms with Crippen molar-refractivity contribution in [2.45, 2.75) is 6.42 Å². The molecule has 0 saturated carbocycles. The molecule has 6 nitrogen and oxygen atoms in total. The Bertz CT molecular complexity index is 727. The van der Waals surface area contributed by atoms with E-state index >= 15 is 0 Å². The van der Waals surface area contributed by atoms with E-state index in [9.17, 15) is 14.5 Å². The average Bonchev–Trinajstić information content (AvgIpc) is 2.43. The first-order valence-electron chi connectivity index (χ1n) is 7.06. The van der Waals surface area contributed by atoms with Crippen LogP contribution in [0.1, 0.15) is 5.56 Å². The van der Waals surface area contributed by atoms with E-state index < -0.39 is 10.7 Å². The Labute approximate surface area is 133 Å². The minimum atomic E-state index is -0.551. The third kappa shape index (κ3) is 3.75. The molecule has 122 valence electrons. The van der Waals surface area contributed by atoms with Crippen molar-refractivity contribution in [2.24, 2.45) is 0 Å². The van der Waals surface area contributed by atoms with Crippen LogP contribution < -0.4 is 11.5 Å². The maximum atomic E-state index is 13.5. The zero-order valence-corrected chi connectivity index (χ0v) is 13.0. The molecule has 2 aromatic rings. The summed E-state index contributed by atoms with van der Waals surface area (Å²) in [4.78, 5) is 12.9. The Kier molecular flexibility index (Phi) is 4.80. The summed E-state index contributed by atoms with van der Waals surface area (Å²) < 4.78 is 13.5. The fourth-order valence-electron chi connectivity index (χ4n) is 2.41. The molecule has 2 aromatic carbocycles. The van der Waals surface area contributed by atoms with Crippen molar-refractivity contribution in [1.82, 2.24) is 4.90 Å². The number of nitrogens with zero attached hydrogens (tertiary/aromatic N) is 2. The van der Waals surface area contributed by atoms with Crippen molar-refractivity contribution in [3.8, 4) is 11.1 Å². The molecule has 0 aliphatic rings. The first-order valence-corrected chi connectivity index (χ1v) is 7.06. The second kappa shape index (κ2) is 6.62. The van der Waals surface area contributed by atoms with Gasteiger partial charge in [-0.2, -0.15) is 0 Å². The number of hydrogen-bond donors (Lipinski definition) is 2. The minimum absolute atomic E-state index is 0.109. The lowest BCUT2D eigenvalue weighted by Gasteiger charge is -2.13. The molecule has 0 aliphatic heterocycles. The van der Waals surface area contributed by atoms with Crippen molar-refractivity contribution in [3.63, 3.8) is 0 Å². The smallest absolute Gasteiger partial charge is 0.300 e. The zero-order valence-electron chi connectivity index (χ0n) is 13.0. The summed E-state index contributed by atoms with van der Waals surface area (Å²) in [5, 5.41) is 11.5. The fourth-order valence-corrected chi connectivity index (χ4v) is 2.41. The highest BCUT2D eigenvalue weighted by atomic mass is 19.1. The van der Waals surface area contributed by atoms with Gasteiger partial charge in [0.05, 0.1) is 10.5 Å². The van der Waals surface area contributed by atoms with Gasteiger partial charge >= 0.3 is 0 Å². The van der Waals surface area contributed by atoms with Crippen LogP contribution in [0.5, 0.6) is 0 Å². The number of nitro groups is 1. The Morgan fingerprint density at radius 2 is 1.91 bits per heavy atom. The minimum Gasteiger partial charge on any atom is -0.399 e. The topological polar surface area (TPSA) is 98.4 Å². The quantitative estimate of drug-likeness (QED) is 0.502. The average molecular weight is 318 g/mol. The number of halogens is 1. The SMILES string of the molecule is CN(C)CCc1ccc(-c2cc(N)cc(F)c2)c([N+](=O)[O-])c1N. The van der Waals surface area contributed by atoms with E-state index in [0.29, 0.717) is 24.1 Å². The Hall–Kier alpha value is -2.67. The van der Waals surface area contributed by atoms with Gasteiger partial charge in [-0.15, -0.1) is 0 Å². The Balaban J connectivity index is 2.56. The van der Waals surface area contributed by atoms with E-state index in [1.54, 1.807) is 12.1 Å². The molecular formula is C16H19FN4O2. The number of nitrogen functional groups attached to an aromatic ring is 2. The highest BCUT2D eigenvalue weighted by Gasteiger charge is 2.22. The van der Waals surface area contributed by atoms with Crippen molar-refractivity contribution in [3.05, 3.63) is 51.8 Å². The molecule has 0 aliphatic carbocycles. The summed E-state index contributed by atoms with van der Waals surface area (Å²) in [6, 6.07) is 7.18. The zero-order chi connectivity index (χ0) is 17.1. The van der Waals surface area contributed by atoms with Gasteiger partial charge in [-0.05, 0) is 55.9 Å². The van der Waals surface area contributed by atoms with Crippen molar-refractivity contribution >= 4 is 17.1 Å². The molecule has 4 N–H and O–H groups in total. The monoisotopic (exact) mass is 318 g/mol. The second-order valence-corrected chi connectivity index (χ2v) is 5.62. The molecule has 0 radical (unpaired) electrons. The lowest BCUT2D eigenvalue weighted by Crippen LogP contribution is -2.16. The predicted molar refractivity (Wildman–Crippen MR) is 89.6 cm³/mol. The van der Waals surface area contributed by atoms with Crippen LogP contribution in [-0.4, -0.2) is 30.5 Å².